The van der Waals surface area contributed by atoms with Gasteiger partial charge < -0.3 is 64.2 Å². The molecule has 0 unspecified atom stereocenters. The summed E-state index contributed by atoms with van der Waals surface area (Å²) in [6.07, 6.45) is 4.26. The van der Waals surface area contributed by atoms with Crippen molar-refractivity contribution in [3.05, 3.63) is 0 Å². The van der Waals surface area contributed by atoms with Crippen molar-refractivity contribution in [1.29, 1.82) is 0 Å². The first-order valence-electron chi connectivity index (χ1n) is 21.6. The molecule has 6 amide bonds. The number of amides is 6. The third kappa shape index (κ3) is 16.1. The van der Waals surface area contributed by atoms with Crippen LogP contribution in [0.5, 0.6) is 0 Å². The standard InChI is InChI=1S/C40H72N10O10S2/c1-22(2)29(44)37(56)50-20-12-15-27(50)34(53)45-25(13-7-9-17-41)33(52)48-31(39(59)60)40(5,6)62-61-21-24(43)32(51)46-26(14-8-10-18-42)36(55)49-19-11-16-28(49)35(54)47-30(23(3)4)38(57)58/h22-31H,7-21,41-44H2,1-6H3,(H,45,53)(H,46,51)(H,47,54)(H,48,52)(H,57,58)(H,59,60)/t24-,25-,26-,27-,28-,29-,30-,31+/m0/s1. The van der Waals surface area contributed by atoms with Gasteiger partial charge >= 0.3 is 11.9 Å². The number of aliphatic carboxylic acids is 2. The van der Waals surface area contributed by atoms with E-state index in [1.54, 1.807) is 27.7 Å². The molecule has 22 heteroatoms. The molecule has 62 heavy (non-hydrogen) atoms. The number of nitrogens with two attached hydrogens (primary N) is 4. The van der Waals surface area contributed by atoms with Crippen LogP contribution in [0.1, 0.15) is 106 Å². The van der Waals surface area contributed by atoms with Gasteiger partial charge in [0.25, 0.3) is 0 Å². The zero-order valence-electron chi connectivity index (χ0n) is 37.1. The molecule has 0 aromatic rings. The molecular weight excluding hydrogens is 845 g/mol. The topological polar surface area (TPSA) is 336 Å². The van der Waals surface area contributed by atoms with E-state index in [9.17, 15) is 48.6 Å². The number of carboxylic acids is 2. The number of carbonyl (C=O) groups is 8. The lowest BCUT2D eigenvalue weighted by Gasteiger charge is -2.33. The number of unbranched alkanes of at least 4 members (excludes halogenated alkanes) is 2. The van der Waals surface area contributed by atoms with Crippen LogP contribution in [0.2, 0.25) is 0 Å². The quantitative estimate of drug-likeness (QED) is 0.0365. The summed E-state index contributed by atoms with van der Waals surface area (Å²) >= 11 is 0. The summed E-state index contributed by atoms with van der Waals surface area (Å²) in [6.45, 7) is 11.4. The summed E-state index contributed by atoms with van der Waals surface area (Å²) in [6, 6.07) is -8.44. The van der Waals surface area contributed by atoms with Gasteiger partial charge in [0.05, 0.1) is 16.8 Å². The number of likely N-dealkylation sites (tertiary alicyclic amines) is 2. The summed E-state index contributed by atoms with van der Waals surface area (Å²) in [5.74, 6) is -6.43. The maximum atomic E-state index is 13.9. The largest absolute Gasteiger partial charge is 0.480 e. The molecule has 2 rings (SSSR count). The van der Waals surface area contributed by atoms with Crippen molar-refractivity contribution in [2.45, 2.75) is 159 Å². The second-order valence-electron chi connectivity index (χ2n) is 17.3. The molecule has 0 spiro atoms. The molecule has 2 heterocycles. The highest BCUT2D eigenvalue weighted by Crippen LogP contribution is 2.38. The Labute approximate surface area is 373 Å². The first-order valence-corrected chi connectivity index (χ1v) is 23.9. The summed E-state index contributed by atoms with van der Waals surface area (Å²) < 4.78 is -1.18. The van der Waals surface area contributed by atoms with Gasteiger partial charge in [0.15, 0.2) is 0 Å². The van der Waals surface area contributed by atoms with Gasteiger partial charge in [-0.15, -0.1) is 0 Å². The first kappa shape index (κ1) is 54.4. The molecule has 2 aliphatic rings. The van der Waals surface area contributed by atoms with Gasteiger partial charge in [-0.25, -0.2) is 9.59 Å². The van der Waals surface area contributed by atoms with Gasteiger partial charge in [-0.05, 0) is 103 Å². The van der Waals surface area contributed by atoms with E-state index in [4.69, 9.17) is 22.9 Å². The summed E-state index contributed by atoms with van der Waals surface area (Å²) in [5, 5.41) is 30.5. The highest BCUT2D eigenvalue weighted by Gasteiger charge is 2.42. The average molecular weight is 917 g/mol. The van der Waals surface area contributed by atoms with Crippen LogP contribution in [0.25, 0.3) is 0 Å². The Balaban J connectivity index is 2.12. The summed E-state index contributed by atoms with van der Waals surface area (Å²) in [7, 11) is 2.18. The lowest BCUT2D eigenvalue weighted by molar-refractivity contribution is -0.146. The lowest BCUT2D eigenvalue weighted by atomic mass is 10.0. The maximum absolute atomic E-state index is 13.9. The molecule has 0 saturated carbocycles. The highest BCUT2D eigenvalue weighted by atomic mass is 33.1. The molecule has 0 aromatic carbocycles. The number of rotatable bonds is 27. The zero-order valence-corrected chi connectivity index (χ0v) is 38.7. The number of hydrogen-bond donors (Lipinski definition) is 10. The molecule has 0 bridgehead atoms. The Kier molecular flexibility index (Phi) is 23.0. The number of hydrogen-bond acceptors (Lipinski definition) is 14. The smallest absolute Gasteiger partial charge is 0.327 e. The van der Waals surface area contributed by atoms with Crippen molar-refractivity contribution >= 4 is 69.0 Å². The zero-order chi connectivity index (χ0) is 46.9. The van der Waals surface area contributed by atoms with Crippen LogP contribution in [-0.2, 0) is 38.4 Å². The van der Waals surface area contributed by atoms with E-state index >= 15 is 0 Å². The minimum atomic E-state index is -1.46. The molecule has 0 aliphatic carbocycles. The monoisotopic (exact) mass is 916 g/mol. The fraction of sp³-hybridized carbons (Fsp3) is 0.800. The minimum absolute atomic E-state index is 0.0146. The summed E-state index contributed by atoms with van der Waals surface area (Å²) in [5.41, 5.74) is 23.8. The van der Waals surface area contributed by atoms with Crippen LogP contribution in [0, 0.1) is 11.8 Å². The molecule has 20 nitrogen and oxygen atoms in total. The maximum Gasteiger partial charge on any atom is 0.327 e. The van der Waals surface area contributed by atoms with E-state index in [0.29, 0.717) is 71.0 Å². The van der Waals surface area contributed by atoms with Gasteiger partial charge in [0.1, 0.15) is 36.3 Å². The number of carboxylic acid groups (broad SMARTS) is 2. The van der Waals surface area contributed by atoms with Crippen molar-refractivity contribution < 1.29 is 48.6 Å². The van der Waals surface area contributed by atoms with Gasteiger partial charge in [0, 0.05) is 18.8 Å². The van der Waals surface area contributed by atoms with E-state index < -0.39 is 100 Å². The van der Waals surface area contributed by atoms with Crippen molar-refractivity contribution in [2.24, 2.45) is 34.8 Å². The van der Waals surface area contributed by atoms with Crippen LogP contribution in [0.15, 0.2) is 0 Å². The van der Waals surface area contributed by atoms with Crippen LogP contribution in [-0.4, -0.2) is 152 Å². The molecule has 0 aromatic heterocycles. The molecule has 8 atom stereocenters. The predicted octanol–water partition coefficient (Wildman–Crippen LogP) is -0.539. The normalized spacial score (nSPS) is 19.6. The van der Waals surface area contributed by atoms with Crippen LogP contribution in [0.4, 0.5) is 0 Å². The molecule has 2 aliphatic heterocycles. The SMILES string of the molecule is CC(C)[C@H](N)C(=O)N1CCC[C@H]1C(=O)N[C@@H](CCCCN)C(=O)N[C@H](C(=O)O)C(C)(C)SSC[C@H](N)C(=O)N[C@@H](CCCCN)C(=O)N1CCC[C@H]1C(=O)N[C@H](C(=O)O)C(C)C. The Morgan fingerprint density at radius 1 is 0.677 bits per heavy atom. The van der Waals surface area contributed by atoms with Crippen molar-refractivity contribution in [3.63, 3.8) is 0 Å². The predicted molar refractivity (Wildman–Crippen MR) is 238 cm³/mol. The van der Waals surface area contributed by atoms with Crippen molar-refractivity contribution in [1.82, 2.24) is 31.1 Å². The second-order valence-corrected chi connectivity index (χ2v) is 20.3. The Hall–Kier alpha value is -3.70. The van der Waals surface area contributed by atoms with E-state index in [1.165, 1.54) is 9.80 Å². The molecule has 354 valence electrons. The molecule has 0 radical (unpaired) electrons. The lowest BCUT2D eigenvalue weighted by Crippen LogP contribution is -2.59. The van der Waals surface area contributed by atoms with Crippen LogP contribution < -0.4 is 44.2 Å². The summed E-state index contributed by atoms with van der Waals surface area (Å²) in [4.78, 5) is 108. The number of nitrogens with zero attached hydrogens (tertiary/aromatic N) is 2. The third-order valence-electron chi connectivity index (χ3n) is 11.1. The number of nitrogens with one attached hydrogen (secondary N) is 4. The molecule has 14 N–H and O–H groups in total. The van der Waals surface area contributed by atoms with Gasteiger partial charge in [-0.3, -0.25) is 28.8 Å². The molecule has 2 fully saturated rings. The van der Waals surface area contributed by atoms with Gasteiger partial charge in [-0.2, -0.15) is 0 Å². The Morgan fingerprint density at radius 2 is 1.19 bits per heavy atom. The fourth-order valence-electron chi connectivity index (χ4n) is 7.26. The molecular formula is C40H72N10O10S2. The fourth-order valence-corrected chi connectivity index (χ4v) is 10.0. The van der Waals surface area contributed by atoms with Crippen LogP contribution >= 0.6 is 21.6 Å². The number of carbonyl (C=O) groups excluding carboxylic acids is 6. The van der Waals surface area contributed by atoms with Crippen LogP contribution in [0.3, 0.4) is 0 Å². The van der Waals surface area contributed by atoms with Gasteiger partial charge in [-0.1, -0.05) is 49.3 Å². The van der Waals surface area contributed by atoms with Crippen molar-refractivity contribution in [2.75, 3.05) is 31.9 Å². The Morgan fingerprint density at radius 3 is 1.68 bits per heavy atom. The Bertz CT molecular complexity index is 1560. The highest BCUT2D eigenvalue weighted by molar-refractivity contribution is 8.77. The van der Waals surface area contributed by atoms with E-state index in [-0.39, 0.29) is 37.0 Å². The van der Waals surface area contributed by atoms with Crippen molar-refractivity contribution in [3.8, 4) is 0 Å². The second kappa shape index (κ2) is 26.2. The third-order valence-corrected chi connectivity index (χ3v) is 14.5. The first-order chi connectivity index (χ1) is 29.1. The van der Waals surface area contributed by atoms with Gasteiger partial charge in [0.2, 0.25) is 35.4 Å². The van der Waals surface area contributed by atoms with E-state index in [0.717, 1.165) is 21.6 Å². The van der Waals surface area contributed by atoms with E-state index in [1.807, 2.05) is 13.8 Å². The van der Waals surface area contributed by atoms with E-state index in [2.05, 4.69) is 21.3 Å². The average Bonchev–Trinajstić information content (AvgIpc) is 3.91. The molecule has 2 saturated heterocycles. The minimum Gasteiger partial charge on any atom is -0.480 e.